The molecule has 0 unspecified atom stereocenters. The summed E-state index contributed by atoms with van der Waals surface area (Å²) >= 11 is 0. The van der Waals surface area contributed by atoms with E-state index in [4.69, 9.17) is 0 Å². The monoisotopic (exact) mass is 232 g/mol. The number of H-pyrrole nitrogens is 1. The van der Waals surface area contributed by atoms with Crippen molar-refractivity contribution in [1.82, 2.24) is 10.2 Å². The summed E-state index contributed by atoms with van der Waals surface area (Å²) < 4.78 is 0. The van der Waals surface area contributed by atoms with E-state index in [-0.39, 0.29) is 11.3 Å². The van der Waals surface area contributed by atoms with E-state index < -0.39 is 10.8 Å². The molecule has 0 aliphatic heterocycles. The third-order valence-electron chi connectivity index (χ3n) is 2.08. The number of amides is 1. The Morgan fingerprint density at radius 2 is 2.29 bits per heavy atom. The minimum atomic E-state index is -0.547. The van der Waals surface area contributed by atoms with Crippen molar-refractivity contribution in [3.8, 4) is 0 Å². The lowest BCUT2D eigenvalue weighted by atomic mass is 10.2. The zero-order valence-electron chi connectivity index (χ0n) is 8.58. The van der Waals surface area contributed by atoms with Gasteiger partial charge in [-0.1, -0.05) is 6.07 Å². The van der Waals surface area contributed by atoms with E-state index in [0.717, 1.165) is 0 Å². The molecule has 2 N–H and O–H groups in total. The third-order valence-corrected chi connectivity index (χ3v) is 2.08. The first-order chi connectivity index (χ1) is 8.16. The number of anilines is 1. The molecule has 7 nitrogen and oxygen atoms in total. The average molecular weight is 232 g/mol. The lowest BCUT2D eigenvalue weighted by Crippen LogP contribution is -2.11. The number of carbonyl (C=O) groups is 1. The van der Waals surface area contributed by atoms with Gasteiger partial charge in [0.25, 0.3) is 11.6 Å². The van der Waals surface area contributed by atoms with Gasteiger partial charge in [0.2, 0.25) is 0 Å². The molecule has 0 spiro atoms. The van der Waals surface area contributed by atoms with Crippen molar-refractivity contribution in [2.75, 3.05) is 5.32 Å². The summed E-state index contributed by atoms with van der Waals surface area (Å²) in [5.41, 5.74) is 0.603. The molecule has 0 bridgehead atoms. The van der Waals surface area contributed by atoms with Crippen molar-refractivity contribution in [2.45, 2.75) is 0 Å². The maximum Gasteiger partial charge on any atom is 0.270 e. The molecule has 86 valence electrons. The molecule has 1 aromatic heterocycles. The van der Waals surface area contributed by atoms with Crippen LogP contribution in [0.2, 0.25) is 0 Å². The molecule has 1 heterocycles. The lowest BCUT2D eigenvalue weighted by Gasteiger charge is -2.01. The summed E-state index contributed by atoms with van der Waals surface area (Å²) in [6.07, 6.45) is 2.95. The molecule has 0 aliphatic carbocycles. The van der Waals surface area contributed by atoms with Crippen LogP contribution in [0.15, 0.2) is 36.7 Å². The fourth-order valence-electron chi connectivity index (χ4n) is 1.28. The zero-order chi connectivity index (χ0) is 12.3. The van der Waals surface area contributed by atoms with Crippen molar-refractivity contribution in [3.63, 3.8) is 0 Å². The third kappa shape index (κ3) is 2.46. The standard InChI is InChI=1S/C10H8N4O3/c15-10(13-8-5-11-12-6-8)7-2-1-3-9(4-7)14(16)17/h1-6H,(H,11,12)(H,13,15). The van der Waals surface area contributed by atoms with E-state index in [0.29, 0.717) is 5.69 Å². The first-order valence-corrected chi connectivity index (χ1v) is 4.71. The van der Waals surface area contributed by atoms with Crippen LogP contribution in [0.1, 0.15) is 10.4 Å². The smallest absolute Gasteiger partial charge is 0.270 e. The highest BCUT2D eigenvalue weighted by atomic mass is 16.6. The van der Waals surface area contributed by atoms with Crippen LogP contribution in [0.25, 0.3) is 0 Å². The van der Waals surface area contributed by atoms with Gasteiger partial charge < -0.3 is 5.32 Å². The van der Waals surface area contributed by atoms with Crippen molar-refractivity contribution in [1.29, 1.82) is 0 Å². The van der Waals surface area contributed by atoms with E-state index in [1.54, 1.807) is 0 Å². The summed E-state index contributed by atoms with van der Waals surface area (Å²) in [5.74, 6) is -0.421. The molecule has 1 aromatic carbocycles. The number of nitrogens with one attached hydrogen (secondary N) is 2. The largest absolute Gasteiger partial charge is 0.319 e. The molecule has 2 rings (SSSR count). The fraction of sp³-hybridized carbons (Fsp3) is 0. The highest BCUT2D eigenvalue weighted by Gasteiger charge is 2.11. The second kappa shape index (κ2) is 4.44. The molecule has 0 radical (unpaired) electrons. The minimum Gasteiger partial charge on any atom is -0.319 e. The average Bonchev–Trinajstić information content (AvgIpc) is 2.82. The SMILES string of the molecule is O=C(Nc1cn[nH]c1)c1cccc([N+](=O)[O-])c1. The fourth-order valence-corrected chi connectivity index (χ4v) is 1.28. The van der Waals surface area contributed by atoms with E-state index >= 15 is 0 Å². The molecule has 0 saturated heterocycles. The van der Waals surface area contributed by atoms with Gasteiger partial charge in [0.1, 0.15) is 0 Å². The van der Waals surface area contributed by atoms with E-state index in [1.807, 2.05) is 0 Å². The molecular weight excluding hydrogens is 224 g/mol. The van der Waals surface area contributed by atoms with Crippen LogP contribution in [0.3, 0.4) is 0 Å². The number of carbonyl (C=O) groups excluding carboxylic acids is 1. The Hall–Kier alpha value is -2.70. The Morgan fingerprint density at radius 3 is 2.94 bits per heavy atom. The molecule has 2 aromatic rings. The Morgan fingerprint density at radius 1 is 1.47 bits per heavy atom. The van der Waals surface area contributed by atoms with Crippen LogP contribution in [0.5, 0.6) is 0 Å². The van der Waals surface area contributed by atoms with Gasteiger partial charge in [0, 0.05) is 23.9 Å². The summed E-state index contributed by atoms with van der Waals surface area (Å²) in [6.45, 7) is 0. The number of rotatable bonds is 3. The number of aromatic amines is 1. The van der Waals surface area contributed by atoms with Crippen LogP contribution in [0, 0.1) is 10.1 Å². The number of benzene rings is 1. The number of non-ortho nitro benzene ring substituents is 1. The number of hydrogen-bond donors (Lipinski definition) is 2. The van der Waals surface area contributed by atoms with Crippen LogP contribution in [-0.4, -0.2) is 21.0 Å². The first-order valence-electron chi connectivity index (χ1n) is 4.71. The quantitative estimate of drug-likeness (QED) is 0.619. The molecule has 0 saturated carbocycles. The predicted molar refractivity (Wildman–Crippen MR) is 59.6 cm³/mol. The number of nitrogens with zero attached hydrogens (tertiary/aromatic N) is 2. The van der Waals surface area contributed by atoms with Crippen LogP contribution in [0.4, 0.5) is 11.4 Å². The van der Waals surface area contributed by atoms with Gasteiger partial charge in [0.15, 0.2) is 0 Å². The number of nitro groups is 1. The molecule has 7 heteroatoms. The van der Waals surface area contributed by atoms with Crippen LogP contribution >= 0.6 is 0 Å². The molecule has 17 heavy (non-hydrogen) atoms. The predicted octanol–water partition coefficient (Wildman–Crippen LogP) is 1.57. The Kier molecular flexibility index (Phi) is 2.82. The molecular formula is C10H8N4O3. The maximum atomic E-state index is 11.7. The van der Waals surface area contributed by atoms with Gasteiger partial charge >= 0.3 is 0 Å². The van der Waals surface area contributed by atoms with Crippen molar-refractivity contribution >= 4 is 17.3 Å². The van der Waals surface area contributed by atoms with E-state index in [1.165, 1.54) is 36.7 Å². The van der Waals surface area contributed by atoms with E-state index in [9.17, 15) is 14.9 Å². The lowest BCUT2D eigenvalue weighted by molar-refractivity contribution is -0.384. The normalized spacial score (nSPS) is 9.88. The van der Waals surface area contributed by atoms with Crippen LogP contribution in [-0.2, 0) is 0 Å². The molecule has 0 atom stereocenters. The second-order valence-corrected chi connectivity index (χ2v) is 3.25. The van der Waals surface area contributed by atoms with Crippen LogP contribution < -0.4 is 5.32 Å². The molecule has 0 aliphatic rings. The van der Waals surface area contributed by atoms with Gasteiger partial charge in [-0.25, -0.2) is 0 Å². The highest BCUT2D eigenvalue weighted by Crippen LogP contribution is 2.14. The minimum absolute atomic E-state index is 0.121. The molecule has 0 fully saturated rings. The summed E-state index contributed by atoms with van der Waals surface area (Å²) in [5, 5.41) is 19.3. The van der Waals surface area contributed by atoms with Gasteiger partial charge in [0.05, 0.1) is 16.8 Å². The molecule has 1 amide bonds. The topological polar surface area (TPSA) is 101 Å². The van der Waals surface area contributed by atoms with Crippen molar-refractivity contribution in [2.24, 2.45) is 0 Å². The Bertz CT molecular complexity index is 550. The van der Waals surface area contributed by atoms with E-state index in [2.05, 4.69) is 15.5 Å². The summed E-state index contributed by atoms with van der Waals surface area (Å²) in [6, 6.07) is 5.51. The zero-order valence-corrected chi connectivity index (χ0v) is 8.58. The van der Waals surface area contributed by atoms with Gasteiger partial charge in [-0.15, -0.1) is 0 Å². The van der Waals surface area contributed by atoms with Gasteiger partial charge in [-0.3, -0.25) is 20.0 Å². The number of nitro benzene ring substituents is 1. The number of hydrogen-bond acceptors (Lipinski definition) is 4. The first kappa shape index (κ1) is 10.8. The summed E-state index contributed by atoms with van der Waals surface area (Å²) in [4.78, 5) is 21.7. The second-order valence-electron chi connectivity index (χ2n) is 3.25. The Labute approximate surface area is 95.6 Å². The Balaban J connectivity index is 2.19. The van der Waals surface area contributed by atoms with Crippen molar-refractivity contribution in [3.05, 3.63) is 52.3 Å². The van der Waals surface area contributed by atoms with Gasteiger partial charge in [-0.05, 0) is 6.07 Å². The van der Waals surface area contributed by atoms with Gasteiger partial charge in [-0.2, -0.15) is 5.10 Å². The number of aromatic nitrogens is 2. The summed E-state index contributed by atoms with van der Waals surface area (Å²) in [7, 11) is 0. The highest BCUT2D eigenvalue weighted by molar-refractivity contribution is 6.04. The maximum absolute atomic E-state index is 11.7. The van der Waals surface area contributed by atoms with Crippen molar-refractivity contribution < 1.29 is 9.72 Å².